The molecule has 9 rings (SSSR count). The molecular weight excluding hydrogens is 1030 g/mol. The van der Waals surface area contributed by atoms with Crippen molar-refractivity contribution < 1.29 is 119 Å². The molecule has 0 unspecified atom stereocenters. The molecule has 9 aliphatic rings. The molecule has 446 valence electrons. The van der Waals surface area contributed by atoms with Gasteiger partial charge in [0.15, 0.2) is 25.0 Å². The second-order valence-corrected chi connectivity index (χ2v) is 26.3. The summed E-state index contributed by atoms with van der Waals surface area (Å²) in [5, 5.41) is 148. The van der Waals surface area contributed by atoms with Gasteiger partial charge in [-0.1, -0.05) is 60.1 Å². The fourth-order valence-corrected chi connectivity index (χ4v) is 16.4. The average molecular weight is 1120 g/mol. The first-order chi connectivity index (χ1) is 36.4. The summed E-state index contributed by atoms with van der Waals surface area (Å²) in [4.78, 5) is 27.6. The molecule has 4 saturated carbocycles. The molecule has 0 spiro atoms. The molecule has 14 N–H and O–H groups in total. The van der Waals surface area contributed by atoms with Crippen LogP contribution >= 0.6 is 0 Å². The minimum absolute atomic E-state index is 0.0524. The lowest BCUT2D eigenvalue weighted by Crippen LogP contribution is -2.67. The Labute approximate surface area is 453 Å². The number of hydrogen-bond donors (Lipinski definition) is 14. The van der Waals surface area contributed by atoms with E-state index in [1.54, 1.807) is 0 Å². The van der Waals surface area contributed by atoms with Crippen molar-refractivity contribution in [3.8, 4) is 0 Å². The van der Waals surface area contributed by atoms with Gasteiger partial charge in [0.1, 0.15) is 91.6 Å². The number of aliphatic carboxylic acids is 1. The van der Waals surface area contributed by atoms with Gasteiger partial charge in [-0.05, 0) is 109 Å². The summed E-state index contributed by atoms with van der Waals surface area (Å²) < 4.78 is 46.8. The highest BCUT2D eigenvalue weighted by molar-refractivity contribution is 5.79. The van der Waals surface area contributed by atoms with Crippen LogP contribution in [0.3, 0.4) is 0 Å². The summed E-state index contributed by atoms with van der Waals surface area (Å²) >= 11 is 0. The summed E-state index contributed by atoms with van der Waals surface area (Å²) in [5.41, 5.74) is -1.48. The summed E-state index contributed by atoms with van der Waals surface area (Å²) in [5.74, 6) is -2.23. The van der Waals surface area contributed by atoms with Crippen molar-refractivity contribution in [2.75, 3.05) is 19.8 Å². The molecule has 0 radical (unpaired) electrons. The first-order valence-electron chi connectivity index (χ1n) is 27.8. The molecule has 0 bridgehead atoms. The molecule has 0 aromatic carbocycles. The fraction of sp³-hybridized carbons (Fsp3) is 0.926. The number of rotatable bonds is 12. The van der Waals surface area contributed by atoms with Crippen LogP contribution in [0.25, 0.3) is 0 Å². The normalized spacial score (nSPS) is 52.8. The van der Waals surface area contributed by atoms with Crippen LogP contribution in [0, 0.1) is 50.2 Å². The number of fused-ring (bicyclic) bond motifs is 7. The molecule has 8 fully saturated rings. The van der Waals surface area contributed by atoms with Crippen LogP contribution in [0.5, 0.6) is 0 Å². The van der Waals surface area contributed by atoms with E-state index in [2.05, 4.69) is 54.5 Å². The number of carboxylic acid groups (broad SMARTS) is 1. The highest BCUT2D eigenvalue weighted by atomic mass is 16.8. The summed E-state index contributed by atoms with van der Waals surface area (Å²) in [7, 11) is 0. The Morgan fingerprint density at radius 1 is 0.577 bits per heavy atom. The minimum atomic E-state index is -2.00. The van der Waals surface area contributed by atoms with Crippen molar-refractivity contribution in [1.82, 2.24) is 0 Å². The van der Waals surface area contributed by atoms with E-state index in [-0.39, 0.29) is 39.4 Å². The Bertz CT molecular complexity index is 2190. The lowest BCUT2D eigenvalue weighted by molar-refractivity contribution is -0.365. The highest BCUT2D eigenvalue weighted by Gasteiger charge is 2.70. The maximum absolute atomic E-state index is 15.1. The van der Waals surface area contributed by atoms with Crippen molar-refractivity contribution in [1.29, 1.82) is 0 Å². The lowest BCUT2D eigenvalue weighted by atomic mass is 9.33. The molecule has 4 saturated heterocycles. The molecular formula is C54H86O24. The van der Waals surface area contributed by atoms with Crippen LogP contribution in [0.1, 0.15) is 113 Å². The molecule has 5 aliphatic carbocycles. The van der Waals surface area contributed by atoms with Crippen LogP contribution in [0.2, 0.25) is 0 Å². The zero-order valence-electron chi connectivity index (χ0n) is 45.5. The molecule has 24 nitrogen and oxygen atoms in total. The molecule has 78 heavy (non-hydrogen) atoms. The standard InChI is InChI=1S/C54H86O24/c1-49(2)14-16-54(48(70)78-46-38(65)35(62)32(59)26(74-46)21-71-44-36(63)33(60)30(57)24(19-55)72-44)17-15-52(6)22(23(54)18-49)8-9-28-51(5)12-11-29(50(3,4)27(51)10-13-53(28,52)7)75-47-40(67)41(39(66)42(77-47)43(68)69)76-45-37(64)34(61)31(58)25(20-56)73-45/h8,23-42,44-47,55-67H,9-21H2,1-7H3,(H,68,69)/t23-,24+,25+,26+,27-,28+,29-,30+,31+,32+,33-,34-,35-,36+,37+,38+,39-,40+,41-,42-,44+,45-,46-,47+,51-,52+,53+,54-/m0/s1. The largest absolute Gasteiger partial charge is 0.479 e. The van der Waals surface area contributed by atoms with Crippen LogP contribution in [0.4, 0.5) is 0 Å². The topological polar surface area (TPSA) is 391 Å². The van der Waals surface area contributed by atoms with E-state index in [9.17, 15) is 76.3 Å². The van der Waals surface area contributed by atoms with Crippen LogP contribution in [-0.4, -0.2) is 232 Å². The van der Waals surface area contributed by atoms with Crippen LogP contribution in [0.15, 0.2) is 11.6 Å². The van der Waals surface area contributed by atoms with Gasteiger partial charge in [-0.25, -0.2) is 4.79 Å². The third kappa shape index (κ3) is 9.82. The Morgan fingerprint density at radius 3 is 1.74 bits per heavy atom. The van der Waals surface area contributed by atoms with E-state index in [4.69, 9.17) is 37.9 Å². The van der Waals surface area contributed by atoms with E-state index in [0.717, 1.165) is 12.8 Å². The maximum Gasteiger partial charge on any atom is 0.335 e. The zero-order valence-corrected chi connectivity index (χ0v) is 45.5. The van der Waals surface area contributed by atoms with E-state index < -0.39 is 172 Å². The number of carbonyl (C=O) groups is 2. The monoisotopic (exact) mass is 1120 g/mol. The first kappa shape index (κ1) is 60.5. The molecule has 0 aromatic heterocycles. The molecule has 4 heterocycles. The summed E-state index contributed by atoms with van der Waals surface area (Å²) in [6, 6.07) is 0. The number of allylic oxidation sites excluding steroid dienone is 2. The van der Waals surface area contributed by atoms with Crippen LogP contribution < -0.4 is 0 Å². The van der Waals surface area contributed by atoms with E-state index in [1.165, 1.54) is 5.57 Å². The van der Waals surface area contributed by atoms with E-state index >= 15 is 4.79 Å². The van der Waals surface area contributed by atoms with Crippen molar-refractivity contribution in [3.63, 3.8) is 0 Å². The minimum Gasteiger partial charge on any atom is -0.479 e. The third-order valence-electron chi connectivity index (χ3n) is 21.4. The van der Waals surface area contributed by atoms with Crippen molar-refractivity contribution in [2.24, 2.45) is 50.2 Å². The van der Waals surface area contributed by atoms with Gasteiger partial charge < -0.3 is 109 Å². The molecule has 0 amide bonds. The van der Waals surface area contributed by atoms with Crippen molar-refractivity contribution >= 4 is 11.9 Å². The number of aliphatic hydroxyl groups is 13. The maximum atomic E-state index is 15.1. The predicted octanol–water partition coefficient (Wildman–Crippen LogP) is -1.94. The van der Waals surface area contributed by atoms with Gasteiger partial charge in [-0.3, -0.25) is 4.79 Å². The lowest BCUT2D eigenvalue weighted by Gasteiger charge is -2.71. The molecule has 28 atom stereocenters. The Morgan fingerprint density at radius 2 is 1.13 bits per heavy atom. The van der Waals surface area contributed by atoms with E-state index in [0.29, 0.717) is 51.4 Å². The van der Waals surface area contributed by atoms with Crippen molar-refractivity contribution in [2.45, 2.75) is 242 Å². The third-order valence-corrected chi connectivity index (χ3v) is 21.4. The Balaban J connectivity index is 0.920. The summed E-state index contributed by atoms with van der Waals surface area (Å²) in [6.45, 7) is 13.6. The number of ether oxygens (including phenoxy) is 8. The summed E-state index contributed by atoms with van der Waals surface area (Å²) in [6.07, 6.45) is -26.2. The fourth-order valence-electron chi connectivity index (χ4n) is 16.4. The van der Waals surface area contributed by atoms with Gasteiger partial charge >= 0.3 is 11.9 Å². The quantitative estimate of drug-likeness (QED) is 0.0574. The van der Waals surface area contributed by atoms with Gasteiger partial charge in [-0.2, -0.15) is 0 Å². The number of carbonyl (C=O) groups excluding carboxylic acids is 1. The second-order valence-electron chi connectivity index (χ2n) is 26.3. The van der Waals surface area contributed by atoms with Gasteiger partial charge in [0, 0.05) is 0 Å². The predicted molar refractivity (Wildman–Crippen MR) is 263 cm³/mol. The Kier molecular flexibility index (Phi) is 16.9. The number of hydrogen-bond acceptors (Lipinski definition) is 23. The number of esters is 1. The van der Waals surface area contributed by atoms with Crippen molar-refractivity contribution in [3.05, 3.63) is 11.6 Å². The van der Waals surface area contributed by atoms with Gasteiger partial charge in [0.25, 0.3) is 0 Å². The smallest absolute Gasteiger partial charge is 0.335 e. The first-order valence-corrected chi connectivity index (χ1v) is 27.8. The average Bonchev–Trinajstić information content (AvgIpc) is 3.05. The van der Waals surface area contributed by atoms with Gasteiger partial charge in [0.05, 0.1) is 31.3 Å². The second kappa shape index (κ2) is 21.8. The number of carboxylic acids is 1. The molecule has 4 aliphatic heterocycles. The molecule has 0 aromatic rings. The van der Waals surface area contributed by atoms with Gasteiger partial charge in [0.2, 0.25) is 6.29 Å². The SMILES string of the molecule is CC1(C)CC[C@]2(C(=O)O[C@@H]3O[C@H](CO[C@@H]4O[C@H](CO)[C@@H](O)[C@H](O)[C@H]4O)[C@@H](O)[C@H](O)[C@H]3O)CC[C@]3(C)C(=CC[C@@H]4[C@@]5(C)CC[C@H](O[C@@H]6O[C@H](C(=O)O)[C@@H](O)[C@H](O[C@@H]7O[C@H](CO)[C@@H](O)[C@H](O)[C@H]7O)[C@H]6O)C(C)(C)[C@@H]5CC[C@]43C)[C@@H]2C1. The Hall–Kier alpha value is -2.12. The number of aliphatic hydroxyl groups excluding tert-OH is 13. The van der Waals surface area contributed by atoms with Gasteiger partial charge in [-0.15, -0.1) is 0 Å². The highest BCUT2D eigenvalue weighted by Crippen LogP contribution is 2.76. The zero-order chi connectivity index (χ0) is 57.1. The van der Waals surface area contributed by atoms with Crippen LogP contribution in [-0.2, 0) is 47.5 Å². The van der Waals surface area contributed by atoms with E-state index in [1.807, 2.05) is 0 Å². The molecule has 24 heteroatoms.